The Hall–Kier alpha value is -2.55. The first kappa shape index (κ1) is 11.3. The average Bonchev–Trinajstić information content (AvgIpc) is 2.91. The van der Waals surface area contributed by atoms with Crippen LogP contribution in [0.5, 0.6) is 5.75 Å². The molecular formula is C17H13NO2. The van der Waals surface area contributed by atoms with Crippen LogP contribution in [0.3, 0.4) is 0 Å². The number of aromatic nitrogens is 1. The number of fused-ring (bicyclic) bond motifs is 3. The number of hydrogen-bond acceptors (Lipinski definition) is 3. The van der Waals surface area contributed by atoms with Crippen molar-refractivity contribution in [1.29, 1.82) is 0 Å². The molecule has 0 N–H and O–H groups in total. The molecule has 98 valence electrons. The van der Waals surface area contributed by atoms with E-state index < -0.39 is 0 Å². The quantitative estimate of drug-likeness (QED) is 0.659. The maximum Gasteiger partial charge on any atom is 0.182 e. The van der Waals surface area contributed by atoms with Crippen molar-refractivity contribution >= 4 is 0 Å². The number of hydrogen-bond donors (Lipinski definition) is 0. The molecule has 2 aromatic carbocycles. The minimum absolute atomic E-state index is 0.436. The lowest BCUT2D eigenvalue weighted by Crippen LogP contribution is -2.03. The van der Waals surface area contributed by atoms with Gasteiger partial charge in [0.15, 0.2) is 5.76 Å². The number of benzene rings is 2. The summed E-state index contributed by atoms with van der Waals surface area (Å²) in [6.07, 6.45) is 0. The molecule has 0 fully saturated rings. The largest absolute Gasteiger partial charge is 0.485 e. The first-order chi connectivity index (χ1) is 9.83. The Morgan fingerprint density at radius 3 is 2.85 bits per heavy atom. The van der Waals surface area contributed by atoms with Crippen molar-refractivity contribution in [2.45, 2.75) is 13.5 Å². The first-order valence-electron chi connectivity index (χ1n) is 6.61. The molecule has 0 radical (unpaired) electrons. The minimum Gasteiger partial charge on any atom is -0.485 e. The molecule has 4 rings (SSSR count). The van der Waals surface area contributed by atoms with Crippen LogP contribution in [0.15, 0.2) is 53.1 Å². The molecule has 1 aliphatic rings. The maximum absolute atomic E-state index is 5.69. The van der Waals surface area contributed by atoms with Crippen LogP contribution in [0, 0.1) is 6.92 Å². The van der Waals surface area contributed by atoms with Gasteiger partial charge in [-0.15, -0.1) is 0 Å². The highest BCUT2D eigenvalue weighted by molar-refractivity contribution is 5.85. The fourth-order valence-electron chi connectivity index (χ4n) is 2.63. The van der Waals surface area contributed by atoms with Crippen molar-refractivity contribution < 1.29 is 9.26 Å². The van der Waals surface area contributed by atoms with Gasteiger partial charge in [0.2, 0.25) is 0 Å². The third-order valence-electron chi connectivity index (χ3n) is 3.57. The Morgan fingerprint density at radius 2 is 1.95 bits per heavy atom. The highest BCUT2D eigenvalue weighted by Crippen LogP contribution is 2.42. The predicted octanol–water partition coefficient (Wildman–Crippen LogP) is 4.21. The van der Waals surface area contributed by atoms with Crippen molar-refractivity contribution in [3.8, 4) is 28.1 Å². The molecule has 20 heavy (non-hydrogen) atoms. The molecule has 0 saturated carbocycles. The molecule has 0 unspecified atom stereocenters. The summed E-state index contributed by atoms with van der Waals surface area (Å²) in [4.78, 5) is 0. The van der Waals surface area contributed by atoms with Crippen molar-refractivity contribution in [3.05, 3.63) is 59.9 Å². The summed E-state index contributed by atoms with van der Waals surface area (Å²) in [5.41, 5.74) is 5.27. The first-order valence-corrected chi connectivity index (χ1v) is 6.61. The topological polar surface area (TPSA) is 35.3 Å². The van der Waals surface area contributed by atoms with Crippen LogP contribution in [-0.2, 0) is 6.61 Å². The Morgan fingerprint density at radius 1 is 1.05 bits per heavy atom. The van der Waals surface area contributed by atoms with Crippen LogP contribution < -0.4 is 4.74 Å². The zero-order valence-corrected chi connectivity index (χ0v) is 11.1. The molecule has 3 aromatic rings. The van der Waals surface area contributed by atoms with E-state index >= 15 is 0 Å². The van der Waals surface area contributed by atoms with Gasteiger partial charge in [0.25, 0.3) is 0 Å². The van der Waals surface area contributed by atoms with E-state index in [1.54, 1.807) is 0 Å². The van der Waals surface area contributed by atoms with Crippen LogP contribution in [0.1, 0.15) is 11.3 Å². The molecule has 0 aliphatic carbocycles. The second-order valence-electron chi connectivity index (χ2n) is 4.98. The zero-order chi connectivity index (χ0) is 13.5. The molecule has 1 aromatic heterocycles. The molecule has 3 heteroatoms. The number of nitrogens with zero attached hydrogens (tertiary/aromatic N) is 1. The SMILES string of the molecule is Cc1cccc(-c2noc3c2-c2ccccc2OC3)c1. The van der Waals surface area contributed by atoms with E-state index in [2.05, 4.69) is 30.3 Å². The Kier molecular flexibility index (Phi) is 2.39. The van der Waals surface area contributed by atoms with Crippen LogP contribution in [0.2, 0.25) is 0 Å². The van der Waals surface area contributed by atoms with E-state index in [9.17, 15) is 0 Å². The Labute approximate surface area is 116 Å². The van der Waals surface area contributed by atoms with E-state index in [-0.39, 0.29) is 0 Å². The van der Waals surface area contributed by atoms with E-state index in [4.69, 9.17) is 9.26 Å². The van der Waals surface area contributed by atoms with Crippen molar-refractivity contribution in [3.63, 3.8) is 0 Å². The van der Waals surface area contributed by atoms with Crippen LogP contribution >= 0.6 is 0 Å². The van der Waals surface area contributed by atoms with E-state index in [1.165, 1.54) is 5.56 Å². The molecular weight excluding hydrogens is 250 g/mol. The van der Waals surface area contributed by atoms with Gasteiger partial charge in [-0.1, -0.05) is 47.1 Å². The smallest absolute Gasteiger partial charge is 0.182 e. The third kappa shape index (κ3) is 1.63. The summed E-state index contributed by atoms with van der Waals surface area (Å²) >= 11 is 0. The van der Waals surface area contributed by atoms with Gasteiger partial charge in [-0.25, -0.2) is 0 Å². The molecule has 2 heterocycles. The standard InChI is InChI=1S/C17H13NO2/c1-11-5-4-6-12(9-11)17-16-13-7-2-3-8-14(13)19-10-15(16)20-18-17/h2-9H,10H2,1H3. The highest BCUT2D eigenvalue weighted by atomic mass is 16.5. The van der Waals surface area contributed by atoms with Gasteiger partial charge in [0.05, 0.1) is 5.56 Å². The molecule has 3 nitrogen and oxygen atoms in total. The maximum atomic E-state index is 5.69. The van der Waals surface area contributed by atoms with Gasteiger partial charge in [-0.2, -0.15) is 0 Å². The fourth-order valence-corrected chi connectivity index (χ4v) is 2.63. The van der Waals surface area contributed by atoms with E-state index in [0.717, 1.165) is 33.9 Å². The van der Waals surface area contributed by atoms with Crippen molar-refractivity contribution in [2.24, 2.45) is 0 Å². The molecule has 1 aliphatic heterocycles. The summed E-state index contributed by atoms with van der Waals surface area (Å²) in [6, 6.07) is 16.3. The molecule has 0 spiro atoms. The van der Waals surface area contributed by atoms with Crippen molar-refractivity contribution in [1.82, 2.24) is 5.16 Å². The second-order valence-corrected chi connectivity index (χ2v) is 4.98. The summed E-state index contributed by atoms with van der Waals surface area (Å²) in [5, 5.41) is 4.25. The number of aryl methyl sites for hydroxylation is 1. The average molecular weight is 263 g/mol. The molecule has 0 bridgehead atoms. The molecule has 0 atom stereocenters. The number of rotatable bonds is 1. The lowest BCUT2D eigenvalue weighted by atomic mass is 9.96. The fraction of sp³-hybridized carbons (Fsp3) is 0.118. The molecule has 0 amide bonds. The van der Waals surface area contributed by atoms with Crippen LogP contribution in [0.25, 0.3) is 22.4 Å². The summed E-state index contributed by atoms with van der Waals surface area (Å²) in [7, 11) is 0. The Balaban J connectivity index is 1.96. The summed E-state index contributed by atoms with van der Waals surface area (Å²) in [6.45, 7) is 2.51. The highest BCUT2D eigenvalue weighted by Gasteiger charge is 2.26. The van der Waals surface area contributed by atoms with Gasteiger partial charge < -0.3 is 9.26 Å². The molecule has 0 saturated heterocycles. The predicted molar refractivity (Wildman–Crippen MR) is 76.4 cm³/mol. The van der Waals surface area contributed by atoms with Gasteiger partial charge in [-0.05, 0) is 19.1 Å². The minimum atomic E-state index is 0.436. The van der Waals surface area contributed by atoms with Gasteiger partial charge >= 0.3 is 0 Å². The van der Waals surface area contributed by atoms with Gasteiger partial charge in [0.1, 0.15) is 18.1 Å². The van der Waals surface area contributed by atoms with Gasteiger partial charge in [0, 0.05) is 11.1 Å². The van der Waals surface area contributed by atoms with Gasteiger partial charge in [-0.3, -0.25) is 0 Å². The van der Waals surface area contributed by atoms with Crippen molar-refractivity contribution in [2.75, 3.05) is 0 Å². The lowest BCUT2D eigenvalue weighted by Gasteiger charge is -2.16. The zero-order valence-electron chi connectivity index (χ0n) is 11.1. The summed E-state index contributed by atoms with van der Waals surface area (Å²) in [5.74, 6) is 1.68. The number of para-hydroxylation sites is 1. The monoisotopic (exact) mass is 263 g/mol. The summed E-state index contributed by atoms with van der Waals surface area (Å²) < 4.78 is 11.2. The van der Waals surface area contributed by atoms with E-state index in [1.807, 2.05) is 30.3 Å². The van der Waals surface area contributed by atoms with Crippen LogP contribution in [0.4, 0.5) is 0 Å². The second kappa shape index (κ2) is 4.23. The normalized spacial score (nSPS) is 12.4. The lowest BCUT2D eigenvalue weighted by molar-refractivity contribution is 0.246. The number of ether oxygens (including phenoxy) is 1. The Bertz CT molecular complexity index is 789. The van der Waals surface area contributed by atoms with Crippen LogP contribution in [-0.4, -0.2) is 5.16 Å². The van der Waals surface area contributed by atoms with E-state index in [0.29, 0.717) is 6.61 Å². The third-order valence-corrected chi connectivity index (χ3v) is 3.57.